The third-order valence-electron chi connectivity index (χ3n) is 7.51. The topological polar surface area (TPSA) is 81.2 Å². The van der Waals surface area contributed by atoms with E-state index in [9.17, 15) is 9.59 Å². The number of benzene rings is 3. The molecule has 0 saturated carbocycles. The first-order valence-corrected chi connectivity index (χ1v) is 14.6. The Morgan fingerprint density at radius 1 is 0.651 bits per heavy atom. The molecule has 4 aromatic rings. The van der Waals surface area contributed by atoms with Crippen LogP contribution >= 0.6 is 0 Å². The fourth-order valence-electron chi connectivity index (χ4n) is 5.24. The zero-order valence-electron chi connectivity index (χ0n) is 25.7. The quantitative estimate of drug-likeness (QED) is 0.183. The molecule has 0 bridgehead atoms. The van der Waals surface area contributed by atoms with E-state index in [1.807, 2.05) is 88.4 Å². The van der Waals surface area contributed by atoms with E-state index in [4.69, 9.17) is 14.2 Å². The van der Waals surface area contributed by atoms with E-state index >= 15 is 0 Å². The number of amides is 2. The number of para-hydroxylation sites is 1. The predicted molar refractivity (Wildman–Crippen MR) is 170 cm³/mol. The highest BCUT2D eigenvalue weighted by atomic mass is 16.6. The summed E-state index contributed by atoms with van der Waals surface area (Å²) in [5.74, 6) is 1.15. The van der Waals surface area contributed by atoms with Crippen molar-refractivity contribution < 1.29 is 23.8 Å². The van der Waals surface area contributed by atoms with Crippen molar-refractivity contribution in [3.8, 4) is 50.6 Å². The molecule has 0 aliphatic carbocycles. The molecule has 0 aliphatic heterocycles. The number of aromatic nitrogens is 1. The normalized spacial score (nSPS) is 10.7. The van der Waals surface area contributed by atoms with Crippen LogP contribution in [0.15, 0.2) is 79.1 Å². The van der Waals surface area contributed by atoms with Crippen molar-refractivity contribution in [3.05, 3.63) is 84.7 Å². The van der Waals surface area contributed by atoms with Gasteiger partial charge in [-0.15, -0.1) is 0 Å². The average Bonchev–Trinajstić information content (AvgIpc) is 3.05. The van der Waals surface area contributed by atoms with Crippen LogP contribution in [0.4, 0.5) is 4.79 Å². The molecule has 4 rings (SSSR count). The number of methoxy groups -OCH3 is 2. The van der Waals surface area contributed by atoms with Crippen LogP contribution in [-0.4, -0.2) is 67.2 Å². The van der Waals surface area contributed by atoms with Crippen molar-refractivity contribution in [2.75, 3.05) is 40.4 Å². The van der Waals surface area contributed by atoms with Gasteiger partial charge >= 0.3 is 6.09 Å². The average molecular weight is 582 g/mol. The molecular formula is C35H39N3O5. The maximum atomic E-state index is 14.2. The number of rotatable bonds is 11. The van der Waals surface area contributed by atoms with Gasteiger partial charge in [0, 0.05) is 66.4 Å². The Balaban J connectivity index is 1.98. The lowest BCUT2D eigenvalue weighted by atomic mass is 9.91. The van der Waals surface area contributed by atoms with Gasteiger partial charge in [0.1, 0.15) is 17.2 Å². The third kappa shape index (κ3) is 6.33. The number of carbonyl (C=O) groups is 2. The van der Waals surface area contributed by atoms with Crippen molar-refractivity contribution >= 4 is 12.0 Å². The third-order valence-corrected chi connectivity index (χ3v) is 7.51. The van der Waals surface area contributed by atoms with E-state index in [2.05, 4.69) is 4.98 Å². The first-order valence-electron chi connectivity index (χ1n) is 14.6. The Morgan fingerprint density at radius 3 is 1.88 bits per heavy atom. The van der Waals surface area contributed by atoms with Crippen LogP contribution in [-0.2, 0) is 0 Å². The van der Waals surface area contributed by atoms with Crippen LogP contribution in [0.25, 0.3) is 33.4 Å². The lowest BCUT2D eigenvalue weighted by Gasteiger charge is -2.25. The summed E-state index contributed by atoms with van der Waals surface area (Å²) in [4.78, 5) is 34.8. The maximum Gasteiger partial charge on any atom is 0.415 e. The molecule has 0 radical (unpaired) electrons. The van der Waals surface area contributed by atoms with Crippen LogP contribution < -0.4 is 14.2 Å². The molecule has 0 unspecified atom stereocenters. The van der Waals surface area contributed by atoms with E-state index < -0.39 is 6.09 Å². The lowest BCUT2D eigenvalue weighted by molar-refractivity contribution is 0.0770. The van der Waals surface area contributed by atoms with Crippen molar-refractivity contribution in [3.63, 3.8) is 0 Å². The molecule has 224 valence electrons. The van der Waals surface area contributed by atoms with Crippen molar-refractivity contribution in [1.82, 2.24) is 14.8 Å². The Hall–Kier alpha value is -4.85. The highest BCUT2D eigenvalue weighted by Gasteiger charge is 2.29. The van der Waals surface area contributed by atoms with Crippen LogP contribution in [0.5, 0.6) is 17.2 Å². The number of hydrogen-bond donors (Lipinski definition) is 0. The standard InChI is InChI=1S/C35H39N3O5/c1-7-37(8-2)34(39)31-26(29-23-36-22-21-30(29)43-35(40)38(9-3)10-4)19-20-28(33(31)42-6)27-18-14-17-25(32(27)41-5)24-15-12-11-13-16-24/h11-23H,7-10H2,1-6H3. The summed E-state index contributed by atoms with van der Waals surface area (Å²) in [6.07, 6.45) is 2.70. The highest BCUT2D eigenvalue weighted by molar-refractivity contribution is 6.07. The highest BCUT2D eigenvalue weighted by Crippen LogP contribution is 2.46. The SMILES string of the molecule is CCN(CC)C(=O)Oc1ccncc1-c1ccc(-c2cccc(-c3ccccc3)c2OC)c(OC)c1C(=O)N(CC)CC. The molecule has 2 amide bonds. The molecule has 0 N–H and O–H groups in total. The summed E-state index contributed by atoms with van der Waals surface area (Å²) in [6.45, 7) is 9.68. The van der Waals surface area contributed by atoms with Crippen LogP contribution in [0.3, 0.4) is 0 Å². The van der Waals surface area contributed by atoms with Gasteiger partial charge in [-0.05, 0) is 45.4 Å². The van der Waals surface area contributed by atoms with Crippen molar-refractivity contribution in [2.24, 2.45) is 0 Å². The van der Waals surface area contributed by atoms with E-state index in [1.165, 1.54) is 0 Å². The maximum absolute atomic E-state index is 14.2. The molecular weight excluding hydrogens is 542 g/mol. The molecule has 43 heavy (non-hydrogen) atoms. The van der Waals surface area contributed by atoms with Crippen molar-refractivity contribution in [2.45, 2.75) is 27.7 Å². The van der Waals surface area contributed by atoms with Gasteiger partial charge < -0.3 is 24.0 Å². The minimum absolute atomic E-state index is 0.207. The largest absolute Gasteiger partial charge is 0.495 e. The molecule has 0 saturated heterocycles. The number of carbonyl (C=O) groups excluding carboxylic acids is 2. The van der Waals surface area contributed by atoms with E-state index in [0.29, 0.717) is 65.7 Å². The zero-order chi connectivity index (χ0) is 30.9. The zero-order valence-corrected chi connectivity index (χ0v) is 25.7. The smallest absolute Gasteiger partial charge is 0.415 e. The van der Waals surface area contributed by atoms with Gasteiger partial charge in [-0.2, -0.15) is 0 Å². The molecule has 8 heteroatoms. The Kier molecular flexibility index (Phi) is 10.4. The van der Waals surface area contributed by atoms with E-state index in [1.54, 1.807) is 42.5 Å². The molecule has 1 heterocycles. The summed E-state index contributed by atoms with van der Waals surface area (Å²) < 4.78 is 17.9. The van der Waals surface area contributed by atoms with E-state index in [0.717, 1.165) is 16.7 Å². The fraction of sp³-hybridized carbons (Fsp3) is 0.286. The summed E-state index contributed by atoms with van der Waals surface area (Å²) in [7, 11) is 3.19. The minimum atomic E-state index is -0.472. The minimum Gasteiger partial charge on any atom is -0.495 e. The molecule has 0 fully saturated rings. The molecule has 8 nitrogen and oxygen atoms in total. The second-order valence-corrected chi connectivity index (χ2v) is 9.71. The van der Waals surface area contributed by atoms with Gasteiger partial charge in [0.15, 0.2) is 0 Å². The van der Waals surface area contributed by atoms with Gasteiger partial charge in [-0.3, -0.25) is 9.78 Å². The summed E-state index contributed by atoms with van der Waals surface area (Å²) >= 11 is 0. The van der Waals surface area contributed by atoms with Crippen LogP contribution in [0, 0.1) is 0 Å². The van der Waals surface area contributed by atoms with Gasteiger partial charge in [0.05, 0.1) is 19.8 Å². The summed E-state index contributed by atoms with van der Waals surface area (Å²) in [5.41, 5.74) is 4.80. The summed E-state index contributed by atoms with van der Waals surface area (Å²) in [5, 5.41) is 0. The first-order chi connectivity index (χ1) is 20.9. The van der Waals surface area contributed by atoms with Gasteiger partial charge in [-0.1, -0.05) is 54.6 Å². The Bertz CT molecular complexity index is 1560. The van der Waals surface area contributed by atoms with Crippen LogP contribution in [0.1, 0.15) is 38.1 Å². The second kappa shape index (κ2) is 14.4. The predicted octanol–water partition coefficient (Wildman–Crippen LogP) is 7.42. The molecule has 0 aliphatic rings. The molecule has 3 aromatic carbocycles. The molecule has 0 atom stereocenters. The fourth-order valence-corrected chi connectivity index (χ4v) is 5.24. The Labute approximate surface area is 253 Å². The van der Waals surface area contributed by atoms with Gasteiger partial charge in [0.2, 0.25) is 0 Å². The van der Waals surface area contributed by atoms with Crippen molar-refractivity contribution in [1.29, 1.82) is 0 Å². The van der Waals surface area contributed by atoms with Gasteiger partial charge in [-0.25, -0.2) is 4.79 Å². The monoisotopic (exact) mass is 581 g/mol. The number of pyridine rings is 1. The van der Waals surface area contributed by atoms with Crippen LogP contribution in [0.2, 0.25) is 0 Å². The first kappa shape index (κ1) is 31.1. The number of hydrogen-bond acceptors (Lipinski definition) is 6. The number of ether oxygens (including phenoxy) is 3. The molecule has 1 aromatic heterocycles. The van der Waals surface area contributed by atoms with Gasteiger partial charge in [0.25, 0.3) is 5.91 Å². The lowest BCUT2D eigenvalue weighted by Crippen LogP contribution is -2.33. The molecule has 0 spiro atoms. The van der Waals surface area contributed by atoms with E-state index in [-0.39, 0.29) is 5.91 Å². The second-order valence-electron chi connectivity index (χ2n) is 9.71. The Morgan fingerprint density at radius 2 is 1.26 bits per heavy atom. The summed E-state index contributed by atoms with van der Waals surface area (Å²) in [6, 6.07) is 21.3. The number of nitrogens with zero attached hydrogens (tertiary/aromatic N) is 3.